The van der Waals surface area contributed by atoms with Crippen molar-refractivity contribution in [2.45, 2.75) is 32.2 Å². The second-order valence-corrected chi connectivity index (χ2v) is 9.19. The van der Waals surface area contributed by atoms with Crippen molar-refractivity contribution in [3.63, 3.8) is 0 Å². The molecule has 0 spiro atoms. The van der Waals surface area contributed by atoms with Crippen molar-refractivity contribution >= 4 is 23.3 Å². The molecule has 1 unspecified atom stereocenters. The number of ether oxygens (including phenoxy) is 2. The van der Waals surface area contributed by atoms with Gasteiger partial charge in [-0.05, 0) is 56.0 Å². The Hall–Kier alpha value is -3.75. The molecule has 2 aliphatic heterocycles. The van der Waals surface area contributed by atoms with E-state index in [1.807, 2.05) is 31.2 Å². The predicted molar refractivity (Wildman–Crippen MR) is 140 cm³/mol. The van der Waals surface area contributed by atoms with Crippen LogP contribution in [0.1, 0.15) is 36.5 Å². The second-order valence-electron chi connectivity index (χ2n) is 9.19. The Morgan fingerprint density at radius 3 is 2.19 bits per heavy atom. The number of nitrogens with zero attached hydrogens (tertiary/aromatic N) is 3. The molecule has 2 aliphatic rings. The van der Waals surface area contributed by atoms with Crippen molar-refractivity contribution in [2.75, 3.05) is 46.3 Å². The van der Waals surface area contributed by atoms with Gasteiger partial charge in [-0.1, -0.05) is 12.1 Å². The van der Waals surface area contributed by atoms with Gasteiger partial charge in [-0.2, -0.15) is 5.10 Å². The van der Waals surface area contributed by atoms with Crippen LogP contribution in [0.15, 0.2) is 41.5 Å². The maximum Gasteiger partial charge on any atom is 0.337 e. The highest BCUT2D eigenvalue weighted by Crippen LogP contribution is 2.35. The fraction of sp³-hybridized carbons (Fsp3) is 0.444. The third-order valence-corrected chi connectivity index (χ3v) is 7.05. The van der Waals surface area contributed by atoms with Crippen molar-refractivity contribution < 1.29 is 19.1 Å². The number of benzene rings is 2. The molecule has 9 nitrogen and oxygen atoms in total. The smallest absolute Gasteiger partial charge is 0.337 e. The Balaban J connectivity index is 1.69. The van der Waals surface area contributed by atoms with Crippen LogP contribution in [0.25, 0.3) is 0 Å². The molecule has 0 radical (unpaired) electrons. The number of urea groups is 1. The normalized spacial score (nSPS) is 18.0. The van der Waals surface area contributed by atoms with Crippen LogP contribution in [0.5, 0.6) is 11.5 Å². The first kappa shape index (κ1) is 25.3. The zero-order valence-corrected chi connectivity index (χ0v) is 21.6. The Bertz CT molecular complexity index is 1140. The summed E-state index contributed by atoms with van der Waals surface area (Å²) in [5, 5.41) is 11.8. The number of carbonyl (C=O) groups excluding carboxylic acids is 2. The van der Waals surface area contributed by atoms with E-state index in [2.05, 4.69) is 27.7 Å². The minimum absolute atomic E-state index is 0.0759. The number of carbonyl (C=O) groups is 2. The Morgan fingerprint density at radius 2 is 1.61 bits per heavy atom. The number of amides is 3. The molecule has 9 heteroatoms. The summed E-state index contributed by atoms with van der Waals surface area (Å²) in [6.07, 6.45) is 2.29. The SMILES string of the molecule is CNC(=O)C1CCN(c2ccc(C3=NN(C(=O)NC)C(C)Cc4cc(OC)c(OC)cc43)cc2)CC1. The van der Waals surface area contributed by atoms with Gasteiger partial charge in [0.15, 0.2) is 11.5 Å². The number of hydrazone groups is 1. The van der Waals surface area contributed by atoms with E-state index < -0.39 is 0 Å². The van der Waals surface area contributed by atoms with Crippen molar-refractivity contribution in [3.05, 3.63) is 53.1 Å². The summed E-state index contributed by atoms with van der Waals surface area (Å²) < 4.78 is 11.1. The molecule has 2 aromatic rings. The number of hydrogen-bond acceptors (Lipinski definition) is 6. The van der Waals surface area contributed by atoms with Crippen LogP contribution in [0.4, 0.5) is 10.5 Å². The molecule has 2 heterocycles. The lowest BCUT2D eigenvalue weighted by molar-refractivity contribution is -0.125. The number of nitrogens with one attached hydrogen (secondary N) is 2. The first-order valence-corrected chi connectivity index (χ1v) is 12.3. The van der Waals surface area contributed by atoms with E-state index >= 15 is 0 Å². The highest BCUT2D eigenvalue weighted by Gasteiger charge is 2.29. The molecule has 0 bridgehead atoms. The molecule has 2 aromatic carbocycles. The Kier molecular flexibility index (Phi) is 7.67. The van der Waals surface area contributed by atoms with Gasteiger partial charge in [0.25, 0.3) is 0 Å². The topological polar surface area (TPSA) is 95.5 Å². The molecule has 1 atom stereocenters. The summed E-state index contributed by atoms with van der Waals surface area (Å²) in [7, 11) is 6.53. The fourth-order valence-corrected chi connectivity index (χ4v) is 4.98. The zero-order valence-electron chi connectivity index (χ0n) is 21.6. The predicted octanol–water partition coefficient (Wildman–Crippen LogP) is 3.00. The van der Waals surface area contributed by atoms with Crippen LogP contribution in [0.2, 0.25) is 0 Å². The van der Waals surface area contributed by atoms with Gasteiger partial charge in [-0.25, -0.2) is 9.80 Å². The average molecular weight is 494 g/mol. The number of rotatable bonds is 5. The minimum atomic E-state index is -0.262. The highest BCUT2D eigenvalue weighted by atomic mass is 16.5. The van der Waals surface area contributed by atoms with Gasteiger partial charge in [-0.15, -0.1) is 0 Å². The molecular formula is C27H35N5O4. The molecule has 3 amide bonds. The number of hydrogen-bond donors (Lipinski definition) is 2. The summed E-state index contributed by atoms with van der Waals surface area (Å²) in [4.78, 5) is 27.0. The number of anilines is 1. The molecule has 0 saturated carbocycles. The van der Waals surface area contributed by atoms with E-state index in [-0.39, 0.29) is 23.9 Å². The molecule has 0 aliphatic carbocycles. The van der Waals surface area contributed by atoms with Crippen molar-refractivity contribution in [2.24, 2.45) is 11.0 Å². The quantitative estimate of drug-likeness (QED) is 0.668. The van der Waals surface area contributed by atoms with Crippen LogP contribution < -0.4 is 25.0 Å². The largest absolute Gasteiger partial charge is 0.493 e. The Labute approximate surface area is 212 Å². The molecule has 2 N–H and O–H groups in total. The van der Waals surface area contributed by atoms with Crippen molar-refractivity contribution in [1.29, 1.82) is 0 Å². The monoisotopic (exact) mass is 493 g/mol. The van der Waals surface area contributed by atoms with Gasteiger partial charge in [0.05, 0.1) is 26.0 Å². The van der Waals surface area contributed by atoms with E-state index in [1.165, 1.54) is 5.01 Å². The van der Waals surface area contributed by atoms with Crippen molar-refractivity contribution in [3.8, 4) is 11.5 Å². The van der Waals surface area contributed by atoms with Gasteiger partial charge in [-0.3, -0.25) is 4.79 Å². The first-order chi connectivity index (χ1) is 17.4. The van der Waals surface area contributed by atoms with E-state index in [0.29, 0.717) is 23.6 Å². The van der Waals surface area contributed by atoms with Crippen LogP contribution >= 0.6 is 0 Å². The minimum Gasteiger partial charge on any atom is -0.493 e. The molecule has 36 heavy (non-hydrogen) atoms. The van der Waals surface area contributed by atoms with Gasteiger partial charge >= 0.3 is 6.03 Å². The van der Waals surface area contributed by atoms with Crippen LogP contribution in [0.3, 0.4) is 0 Å². The molecule has 1 saturated heterocycles. The molecular weight excluding hydrogens is 458 g/mol. The van der Waals surface area contributed by atoms with E-state index in [4.69, 9.17) is 14.6 Å². The average Bonchev–Trinajstić information content (AvgIpc) is 3.06. The van der Waals surface area contributed by atoms with E-state index in [1.54, 1.807) is 28.3 Å². The van der Waals surface area contributed by atoms with Crippen LogP contribution in [-0.4, -0.2) is 70.1 Å². The fourth-order valence-electron chi connectivity index (χ4n) is 4.98. The third-order valence-electron chi connectivity index (χ3n) is 7.05. The summed E-state index contributed by atoms with van der Waals surface area (Å²) >= 11 is 0. The van der Waals surface area contributed by atoms with Gasteiger partial charge in [0.1, 0.15) is 0 Å². The van der Waals surface area contributed by atoms with Crippen LogP contribution in [0, 0.1) is 5.92 Å². The Morgan fingerprint density at radius 1 is 0.972 bits per heavy atom. The number of fused-ring (bicyclic) bond motifs is 1. The van der Waals surface area contributed by atoms with E-state index in [9.17, 15) is 9.59 Å². The molecule has 4 rings (SSSR count). The lowest BCUT2D eigenvalue weighted by Gasteiger charge is -2.33. The summed E-state index contributed by atoms with van der Waals surface area (Å²) in [6.45, 7) is 3.65. The third kappa shape index (κ3) is 4.96. The lowest BCUT2D eigenvalue weighted by Crippen LogP contribution is -2.41. The second kappa shape index (κ2) is 10.9. The van der Waals surface area contributed by atoms with E-state index in [0.717, 1.165) is 48.3 Å². The molecule has 192 valence electrons. The molecule has 1 fully saturated rings. The van der Waals surface area contributed by atoms with Gasteiger partial charge in [0, 0.05) is 49.9 Å². The first-order valence-electron chi connectivity index (χ1n) is 12.3. The summed E-state index contributed by atoms with van der Waals surface area (Å²) in [5.74, 6) is 1.45. The summed E-state index contributed by atoms with van der Waals surface area (Å²) in [5.41, 5.74) is 4.64. The van der Waals surface area contributed by atoms with Crippen LogP contribution in [-0.2, 0) is 11.2 Å². The zero-order chi connectivity index (χ0) is 25.8. The highest BCUT2D eigenvalue weighted by molar-refractivity contribution is 6.14. The maximum absolute atomic E-state index is 12.7. The summed E-state index contributed by atoms with van der Waals surface area (Å²) in [6, 6.07) is 11.7. The lowest BCUT2D eigenvalue weighted by atomic mass is 9.93. The standard InChI is InChI=1S/C27H35N5O4/c1-17-14-20-15-23(35-4)24(36-5)16-22(20)25(30-32(17)27(34)29-3)18-6-8-21(9-7-18)31-12-10-19(11-13-31)26(33)28-2/h6-9,15-17,19H,10-14H2,1-5H3,(H,28,33)(H,29,34). The number of methoxy groups -OCH3 is 2. The maximum atomic E-state index is 12.7. The van der Waals surface area contributed by atoms with Gasteiger partial charge in [0.2, 0.25) is 5.91 Å². The van der Waals surface area contributed by atoms with Gasteiger partial charge < -0.3 is 25.0 Å². The number of piperidine rings is 1. The van der Waals surface area contributed by atoms with Crippen molar-refractivity contribution in [1.82, 2.24) is 15.6 Å². The molecule has 0 aromatic heterocycles.